The minimum Gasteiger partial charge on any atom is -0.515 e. The highest BCUT2D eigenvalue weighted by Crippen LogP contribution is 2.12. The van der Waals surface area contributed by atoms with E-state index >= 15 is 0 Å². The van der Waals surface area contributed by atoms with Crippen molar-refractivity contribution in [2.24, 2.45) is 0 Å². The van der Waals surface area contributed by atoms with Crippen molar-refractivity contribution < 1.29 is 9.90 Å². The van der Waals surface area contributed by atoms with Crippen molar-refractivity contribution in [3.8, 4) is 0 Å². The van der Waals surface area contributed by atoms with E-state index in [0.29, 0.717) is 11.3 Å². The first kappa shape index (κ1) is 11.3. The molecule has 0 rings (SSSR count). The van der Waals surface area contributed by atoms with Gasteiger partial charge < -0.3 is 5.11 Å². The van der Waals surface area contributed by atoms with E-state index in [1.54, 1.807) is 6.92 Å². The highest BCUT2D eigenvalue weighted by molar-refractivity contribution is 6.45. The normalized spacial score (nSPS) is 12.9. The minimum atomic E-state index is -0.542. The summed E-state index contributed by atoms with van der Waals surface area (Å²) in [5.74, 6) is -0.542. The van der Waals surface area contributed by atoms with Gasteiger partial charge in [-0.15, -0.1) is 0 Å². The van der Waals surface area contributed by atoms with Crippen LogP contribution in [-0.4, -0.2) is 10.9 Å². The van der Waals surface area contributed by atoms with Crippen LogP contribution in [0.4, 0.5) is 0 Å². The molecule has 66 valence electrons. The van der Waals surface area contributed by atoms with Crippen LogP contribution in [-0.2, 0) is 4.79 Å². The average molecular weight is 207 g/mol. The van der Waals surface area contributed by atoms with E-state index in [4.69, 9.17) is 28.3 Å². The molecule has 0 aliphatic heterocycles. The van der Waals surface area contributed by atoms with E-state index in [1.165, 1.54) is 6.08 Å². The summed E-state index contributed by atoms with van der Waals surface area (Å²) in [5.41, 5.74) is 0.0162. The Balaban J connectivity index is 4.73. The van der Waals surface area contributed by atoms with Crippen molar-refractivity contribution in [1.29, 1.82) is 0 Å². The summed E-state index contributed by atoms with van der Waals surface area (Å²) in [4.78, 5) is 11.0. The van der Waals surface area contributed by atoms with Gasteiger partial charge in [-0.3, -0.25) is 4.79 Å². The molecule has 0 bridgehead atoms. The Hall–Kier alpha value is -0.730. The molecule has 0 radical (unpaired) electrons. The van der Waals surface area contributed by atoms with Gasteiger partial charge in [-0.1, -0.05) is 29.8 Å². The predicted molar refractivity (Wildman–Crippen MR) is 50.3 cm³/mol. The first-order valence-electron chi connectivity index (χ1n) is 3.06. The van der Waals surface area contributed by atoms with Crippen LogP contribution in [0.3, 0.4) is 0 Å². The zero-order chi connectivity index (χ0) is 9.72. The largest absolute Gasteiger partial charge is 0.515 e. The maximum Gasteiger partial charge on any atom is 0.206 e. The number of allylic oxidation sites excluding steroid dienone is 4. The van der Waals surface area contributed by atoms with Crippen molar-refractivity contribution in [2.75, 3.05) is 0 Å². The Morgan fingerprint density at radius 1 is 1.50 bits per heavy atom. The maximum absolute atomic E-state index is 11.0. The van der Waals surface area contributed by atoms with E-state index in [9.17, 15) is 4.79 Å². The molecule has 0 heterocycles. The molecule has 4 heteroatoms. The minimum absolute atomic E-state index is 0.0162. The number of halogens is 2. The van der Waals surface area contributed by atoms with Gasteiger partial charge in [-0.05, 0) is 13.0 Å². The van der Waals surface area contributed by atoms with Gasteiger partial charge in [0.1, 0.15) is 0 Å². The van der Waals surface area contributed by atoms with Gasteiger partial charge in [0.05, 0.1) is 16.9 Å². The van der Waals surface area contributed by atoms with Gasteiger partial charge in [0.25, 0.3) is 0 Å². The molecule has 0 fully saturated rings. The molecule has 0 unspecified atom stereocenters. The van der Waals surface area contributed by atoms with Gasteiger partial charge in [0.2, 0.25) is 5.78 Å². The molecular weight excluding hydrogens is 199 g/mol. The molecule has 0 aromatic carbocycles. The first-order chi connectivity index (χ1) is 5.49. The predicted octanol–water partition coefficient (Wildman–Crippen LogP) is 2.89. The third kappa shape index (κ3) is 3.60. The van der Waals surface area contributed by atoms with E-state index < -0.39 is 5.78 Å². The fraction of sp³-hybridized carbons (Fsp3) is 0.125. The number of hydrogen-bond donors (Lipinski definition) is 1. The SMILES string of the molecule is C=C(Cl)C(=O)C(=CO)/C=C(\C)Cl. The Morgan fingerprint density at radius 3 is 2.25 bits per heavy atom. The molecule has 0 aliphatic rings. The van der Waals surface area contributed by atoms with Gasteiger partial charge >= 0.3 is 0 Å². The van der Waals surface area contributed by atoms with E-state index in [-0.39, 0.29) is 10.6 Å². The lowest BCUT2D eigenvalue weighted by Crippen LogP contribution is -1.99. The molecule has 0 saturated heterocycles. The third-order valence-corrected chi connectivity index (χ3v) is 1.28. The smallest absolute Gasteiger partial charge is 0.206 e. The topological polar surface area (TPSA) is 37.3 Å². The monoisotopic (exact) mass is 206 g/mol. The van der Waals surface area contributed by atoms with E-state index in [1.807, 2.05) is 0 Å². The molecule has 0 saturated carbocycles. The third-order valence-electron chi connectivity index (χ3n) is 1.00. The van der Waals surface area contributed by atoms with Crippen molar-refractivity contribution in [1.82, 2.24) is 0 Å². The van der Waals surface area contributed by atoms with Gasteiger partial charge in [-0.25, -0.2) is 0 Å². The second-order valence-electron chi connectivity index (χ2n) is 2.05. The number of aliphatic hydroxyl groups is 1. The summed E-state index contributed by atoms with van der Waals surface area (Å²) >= 11 is 10.8. The van der Waals surface area contributed by atoms with Crippen LogP contribution in [0.25, 0.3) is 0 Å². The summed E-state index contributed by atoms with van der Waals surface area (Å²) in [5, 5.41) is 8.82. The van der Waals surface area contributed by atoms with Crippen LogP contribution >= 0.6 is 23.2 Å². The molecule has 0 aliphatic carbocycles. The number of Topliss-reactive ketones (excluding diaryl/α,β-unsaturated/α-hetero) is 1. The maximum atomic E-state index is 11.0. The Bertz CT molecular complexity index is 260. The lowest BCUT2D eigenvalue weighted by atomic mass is 10.2. The molecule has 0 amide bonds. The van der Waals surface area contributed by atoms with Gasteiger partial charge in [0, 0.05) is 5.03 Å². The molecule has 1 N–H and O–H groups in total. The molecule has 0 aromatic rings. The molecular formula is C8H8Cl2O2. The van der Waals surface area contributed by atoms with Gasteiger partial charge in [-0.2, -0.15) is 0 Å². The van der Waals surface area contributed by atoms with Crippen molar-refractivity contribution in [3.05, 3.63) is 34.6 Å². The van der Waals surface area contributed by atoms with Crippen molar-refractivity contribution >= 4 is 29.0 Å². The zero-order valence-corrected chi connectivity index (χ0v) is 7.99. The summed E-state index contributed by atoms with van der Waals surface area (Å²) in [6.45, 7) is 4.80. The molecule has 0 atom stereocenters. The van der Waals surface area contributed by atoms with Crippen LogP contribution in [0.1, 0.15) is 6.92 Å². The summed E-state index contributed by atoms with van der Waals surface area (Å²) < 4.78 is 0. The molecule has 0 spiro atoms. The number of carbonyl (C=O) groups is 1. The molecule has 12 heavy (non-hydrogen) atoms. The zero-order valence-electron chi connectivity index (χ0n) is 6.47. The van der Waals surface area contributed by atoms with Crippen LogP contribution in [0.5, 0.6) is 0 Å². The van der Waals surface area contributed by atoms with Crippen LogP contribution in [0.15, 0.2) is 34.6 Å². The van der Waals surface area contributed by atoms with Gasteiger partial charge in [0.15, 0.2) is 0 Å². The second kappa shape index (κ2) is 5.01. The Morgan fingerprint density at radius 2 is 2.00 bits per heavy atom. The number of hydrogen-bond acceptors (Lipinski definition) is 2. The van der Waals surface area contributed by atoms with Crippen LogP contribution in [0, 0.1) is 0 Å². The summed E-state index contributed by atoms with van der Waals surface area (Å²) in [6, 6.07) is 0. The Labute approximate surface area is 80.8 Å². The lowest BCUT2D eigenvalue weighted by Gasteiger charge is -1.96. The summed E-state index contributed by atoms with van der Waals surface area (Å²) in [6.07, 6.45) is 1.94. The van der Waals surface area contributed by atoms with E-state index in [0.717, 1.165) is 0 Å². The second-order valence-corrected chi connectivity index (χ2v) is 3.10. The molecule has 0 aromatic heterocycles. The number of rotatable bonds is 3. The number of aliphatic hydroxyl groups excluding tert-OH is 1. The Kier molecular flexibility index (Phi) is 4.71. The number of carbonyl (C=O) groups excluding carboxylic acids is 1. The fourth-order valence-electron chi connectivity index (χ4n) is 0.532. The molecule has 2 nitrogen and oxygen atoms in total. The fourth-order valence-corrected chi connectivity index (χ4v) is 0.759. The highest BCUT2D eigenvalue weighted by Gasteiger charge is 2.09. The van der Waals surface area contributed by atoms with Crippen LogP contribution < -0.4 is 0 Å². The average Bonchev–Trinajstić information content (AvgIpc) is 1.98. The number of ketones is 1. The highest BCUT2D eigenvalue weighted by atomic mass is 35.5. The van der Waals surface area contributed by atoms with Crippen molar-refractivity contribution in [3.63, 3.8) is 0 Å². The van der Waals surface area contributed by atoms with Crippen LogP contribution in [0.2, 0.25) is 0 Å². The first-order valence-corrected chi connectivity index (χ1v) is 3.82. The quantitative estimate of drug-likeness (QED) is 0.438. The standard InChI is InChI=1S/C8H8Cl2O2/c1-5(9)3-7(4-11)8(12)6(2)10/h3-4,11H,2H2,1H3/b5-3+,7-4?. The van der Waals surface area contributed by atoms with E-state index in [2.05, 4.69) is 6.58 Å². The lowest BCUT2D eigenvalue weighted by molar-refractivity contribution is -0.111. The van der Waals surface area contributed by atoms with Crippen molar-refractivity contribution in [2.45, 2.75) is 6.92 Å². The summed E-state index contributed by atoms with van der Waals surface area (Å²) in [7, 11) is 0.